The largest absolute Gasteiger partial charge is 0.377 e. The maximum absolute atomic E-state index is 5.83. The van der Waals surface area contributed by atoms with E-state index in [0.29, 0.717) is 24.6 Å². The van der Waals surface area contributed by atoms with Crippen LogP contribution in [0.2, 0.25) is 0 Å². The molecule has 2 aliphatic rings. The summed E-state index contributed by atoms with van der Waals surface area (Å²) in [5, 5.41) is 6.90. The van der Waals surface area contributed by atoms with Gasteiger partial charge in [-0.3, -0.25) is 9.98 Å². The molecule has 3 unspecified atom stereocenters. The highest BCUT2D eigenvalue weighted by atomic mass is 16.5. The van der Waals surface area contributed by atoms with Crippen molar-refractivity contribution in [2.24, 2.45) is 16.3 Å². The summed E-state index contributed by atoms with van der Waals surface area (Å²) in [6.45, 7) is 6.10. The molecular weight excluding hydrogens is 264 g/mol. The van der Waals surface area contributed by atoms with E-state index in [1.807, 2.05) is 31.4 Å². The Morgan fingerprint density at radius 1 is 1.48 bits per heavy atom. The van der Waals surface area contributed by atoms with Gasteiger partial charge in [0.1, 0.15) is 0 Å². The molecule has 1 saturated carbocycles. The summed E-state index contributed by atoms with van der Waals surface area (Å²) < 4.78 is 5.83. The first kappa shape index (κ1) is 14.3. The number of hydrogen-bond donors (Lipinski definition) is 2. The first-order valence-electron chi connectivity index (χ1n) is 7.61. The van der Waals surface area contributed by atoms with Crippen molar-refractivity contribution in [3.63, 3.8) is 0 Å². The predicted octanol–water partition coefficient (Wildman–Crippen LogP) is 1.56. The van der Waals surface area contributed by atoms with Gasteiger partial charge < -0.3 is 15.4 Å². The zero-order valence-corrected chi connectivity index (χ0v) is 13.0. The van der Waals surface area contributed by atoms with Gasteiger partial charge in [-0.15, -0.1) is 0 Å². The lowest BCUT2D eigenvalue weighted by Gasteiger charge is -2.54. The lowest BCUT2D eigenvalue weighted by atomic mass is 9.57. The van der Waals surface area contributed by atoms with Gasteiger partial charge in [0, 0.05) is 37.2 Å². The van der Waals surface area contributed by atoms with E-state index in [-0.39, 0.29) is 5.41 Å². The Labute approximate surface area is 126 Å². The third-order valence-electron chi connectivity index (χ3n) is 4.78. The zero-order chi connectivity index (χ0) is 14.9. The zero-order valence-electron chi connectivity index (χ0n) is 13.0. The average Bonchev–Trinajstić information content (AvgIpc) is 2.95. The molecule has 0 amide bonds. The number of aliphatic imine (C=N–C) groups is 1. The summed E-state index contributed by atoms with van der Waals surface area (Å²) in [5.41, 5.74) is 1.17. The molecule has 1 aromatic rings. The fraction of sp³-hybridized carbons (Fsp3) is 0.625. The van der Waals surface area contributed by atoms with Crippen molar-refractivity contribution in [2.45, 2.75) is 39.0 Å². The molecule has 0 aromatic carbocycles. The summed E-state index contributed by atoms with van der Waals surface area (Å²) in [6.07, 6.45) is 3.34. The molecule has 0 spiro atoms. The number of nitrogens with one attached hydrogen (secondary N) is 2. The van der Waals surface area contributed by atoms with E-state index in [4.69, 9.17) is 4.74 Å². The van der Waals surface area contributed by atoms with E-state index in [1.165, 1.54) is 0 Å². The van der Waals surface area contributed by atoms with Crippen LogP contribution in [0.25, 0.3) is 0 Å². The molecule has 1 aliphatic heterocycles. The van der Waals surface area contributed by atoms with Crippen LogP contribution in [0.15, 0.2) is 29.4 Å². The second-order valence-corrected chi connectivity index (χ2v) is 6.43. The fourth-order valence-corrected chi connectivity index (χ4v) is 3.64. The molecule has 2 fully saturated rings. The van der Waals surface area contributed by atoms with Gasteiger partial charge in [0.2, 0.25) is 0 Å². The molecule has 0 bridgehead atoms. The maximum atomic E-state index is 5.83. The van der Waals surface area contributed by atoms with Crippen LogP contribution < -0.4 is 10.6 Å². The van der Waals surface area contributed by atoms with Crippen LogP contribution in [0.4, 0.5) is 0 Å². The first-order chi connectivity index (χ1) is 10.1. The van der Waals surface area contributed by atoms with Crippen LogP contribution in [0.5, 0.6) is 0 Å². The van der Waals surface area contributed by atoms with Gasteiger partial charge >= 0.3 is 0 Å². The highest BCUT2D eigenvalue weighted by Crippen LogP contribution is 2.51. The van der Waals surface area contributed by atoms with Crippen LogP contribution in [0.1, 0.15) is 26.0 Å². The van der Waals surface area contributed by atoms with Gasteiger partial charge in [-0.25, -0.2) is 0 Å². The number of rotatable bonds is 3. The third-order valence-corrected chi connectivity index (χ3v) is 4.78. The minimum Gasteiger partial charge on any atom is -0.377 e. The van der Waals surface area contributed by atoms with Crippen molar-refractivity contribution >= 4 is 5.96 Å². The van der Waals surface area contributed by atoms with Crippen LogP contribution in [-0.4, -0.2) is 36.7 Å². The molecule has 114 valence electrons. The molecule has 1 aliphatic carbocycles. The maximum Gasteiger partial charge on any atom is 0.191 e. The van der Waals surface area contributed by atoms with E-state index >= 15 is 0 Å². The van der Waals surface area contributed by atoms with E-state index in [0.717, 1.165) is 24.7 Å². The van der Waals surface area contributed by atoms with E-state index < -0.39 is 0 Å². The van der Waals surface area contributed by atoms with Crippen molar-refractivity contribution in [1.29, 1.82) is 0 Å². The lowest BCUT2D eigenvalue weighted by Crippen LogP contribution is -2.67. The van der Waals surface area contributed by atoms with Gasteiger partial charge in [0.15, 0.2) is 5.96 Å². The molecule has 1 saturated heterocycles. The minimum atomic E-state index is 0.157. The van der Waals surface area contributed by atoms with Gasteiger partial charge in [0.05, 0.1) is 18.3 Å². The first-order valence-corrected chi connectivity index (χ1v) is 7.61. The molecule has 2 heterocycles. The van der Waals surface area contributed by atoms with Crippen LogP contribution >= 0.6 is 0 Å². The Balaban J connectivity index is 1.58. The fourth-order valence-electron chi connectivity index (χ4n) is 3.64. The molecule has 5 heteroatoms. The van der Waals surface area contributed by atoms with Crippen molar-refractivity contribution < 1.29 is 4.74 Å². The molecule has 21 heavy (non-hydrogen) atoms. The summed E-state index contributed by atoms with van der Waals surface area (Å²) in [7, 11) is 1.81. The van der Waals surface area contributed by atoms with Crippen molar-refractivity contribution in [3.8, 4) is 0 Å². The highest BCUT2D eigenvalue weighted by molar-refractivity contribution is 5.80. The van der Waals surface area contributed by atoms with Gasteiger partial charge in [-0.2, -0.15) is 0 Å². The quantitative estimate of drug-likeness (QED) is 0.654. The Hall–Kier alpha value is -1.62. The second-order valence-electron chi connectivity index (χ2n) is 6.43. The number of aromatic nitrogens is 1. The predicted molar refractivity (Wildman–Crippen MR) is 83.0 cm³/mol. The lowest BCUT2D eigenvalue weighted by molar-refractivity contribution is -0.106. The highest BCUT2D eigenvalue weighted by Gasteiger charge is 2.59. The van der Waals surface area contributed by atoms with Crippen molar-refractivity contribution in [2.75, 3.05) is 13.7 Å². The second kappa shape index (κ2) is 5.64. The van der Waals surface area contributed by atoms with Gasteiger partial charge in [-0.05, 0) is 18.6 Å². The molecule has 3 rings (SSSR count). The van der Waals surface area contributed by atoms with Crippen LogP contribution in [0, 0.1) is 11.3 Å². The normalized spacial score (nSPS) is 30.4. The van der Waals surface area contributed by atoms with E-state index in [2.05, 4.69) is 34.5 Å². The number of ether oxygens (including phenoxy) is 1. The number of guanidine groups is 1. The van der Waals surface area contributed by atoms with Crippen LogP contribution in [-0.2, 0) is 11.3 Å². The molecule has 0 radical (unpaired) electrons. The minimum absolute atomic E-state index is 0.157. The SMILES string of the molecule is CN=C(NCc1ccccn1)NC1C2CCOC2C1(C)C. The Morgan fingerprint density at radius 3 is 3.05 bits per heavy atom. The molecule has 1 aromatic heterocycles. The van der Waals surface area contributed by atoms with Crippen LogP contribution in [0.3, 0.4) is 0 Å². The Kier molecular flexibility index (Phi) is 3.85. The number of fused-ring (bicyclic) bond motifs is 1. The topological polar surface area (TPSA) is 58.5 Å². The summed E-state index contributed by atoms with van der Waals surface area (Å²) in [6, 6.07) is 6.34. The van der Waals surface area contributed by atoms with E-state index in [1.54, 1.807) is 0 Å². The number of hydrogen-bond acceptors (Lipinski definition) is 3. The number of nitrogens with zero attached hydrogens (tertiary/aromatic N) is 2. The van der Waals surface area contributed by atoms with Crippen molar-refractivity contribution in [1.82, 2.24) is 15.6 Å². The monoisotopic (exact) mass is 288 g/mol. The smallest absolute Gasteiger partial charge is 0.191 e. The molecule has 2 N–H and O–H groups in total. The Morgan fingerprint density at radius 2 is 2.33 bits per heavy atom. The molecular formula is C16H24N4O. The summed E-state index contributed by atoms with van der Waals surface area (Å²) in [5.74, 6) is 1.44. The standard InChI is InChI=1S/C16H24N4O/c1-16(2)13(12-7-9-21-14(12)16)20-15(17-3)19-10-11-6-4-5-8-18-11/h4-6,8,12-14H,7,9-10H2,1-3H3,(H2,17,19,20). The third kappa shape index (κ3) is 2.62. The van der Waals surface area contributed by atoms with Gasteiger partial charge in [-0.1, -0.05) is 19.9 Å². The summed E-state index contributed by atoms with van der Waals surface area (Å²) >= 11 is 0. The summed E-state index contributed by atoms with van der Waals surface area (Å²) in [4.78, 5) is 8.65. The van der Waals surface area contributed by atoms with Crippen molar-refractivity contribution in [3.05, 3.63) is 30.1 Å². The van der Waals surface area contributed by atoms with Gasteiger partial charge in [0.25, 0.3) is 0 Å². The van der Waals surface area contributed by atoms with E-state index in [9.17, 15) is 0 Å². The Bertz CT molecular complexity index is 514. The average molecular weight is 288 g/mol. The molecule has 5 nitrogen and oxygen atoms in total. The molecule has 3 atom stereocenters. The number of pyridine rings is 1.